The van der Waals surface area contributed by atoms with Crippen LogP contribution in [0.25, 0.3) is 22.1 Å². The second-order valence-electron chi connectivity index (χ2n) is 8.69. The molecule has 37 heavy (non-hydrogen) atoms. The Bertz CT molecular complexity index is 1390. The third kappa shape index (κ3) is 5.45. The first-order chi connectivity index (χ1) is 17.9. The van der Waals surface area contributed by atoms with Gasteiger partial charge in [-0.05, 0) is 31.2 Å². The molecule has 0 amide bonds. The summed E-state index contributed by atoms with van der Waals surface area (Å²) in [4.78, 5) is 11.2. The number of furan rings is 1. The van der Waals surface area contributed by atoms with E-state index in [4.69, 9.17) is 42.8 Å². The number of benzene rings is 1. The minimum atomic E-state index is -0.719. The Morgan fingerprint density at radius 1 is 1.16 bits per heavy atom. The number of rotatable bonds is 8. The summed E-state index contributed by atoms with van der Waals surface area (Å²) < 4.78 is 31.4. The number of anilines is 2. The molecule has 4 heterocycles. The van der Waals surface area contributed by atoms with E-state index in [-0.39, 0.29) is 21.6 Å². The molecule has 1 aliphatic rings. The maximum absolute atomic E-state index is 14.0. The molecule has 5 rings (SSSR count). The molecule has 1 aromatic carbocycles. The first-order valence-electron chi connectivity index (χ1n) is 11.9. The van der Waals surface area contributed by atoms with Crippen LogP contribution in [0, 0.1) is 5.82 Å². The molecule has 1 saturated heterocycles. The number of fused-ring (bicyclic) bond motifs is 1. The van der Waals surface area contributed by atoms with E-state index in [1.54, 1.807) is 25.6 Å². The van der Waals surface area contributed by atoms with Crippen LogP contribution in [0.2, 0.25) is 10.0 Å². The Morgan fingerprint density at radius 3 is 2.73 bits per heavy atom. The predicted molar refractivity (Wildman–Crippen MR) is 143 cm³/mol. The highest BCUT2D eigenvalue weighted by atomic mass is 35.5. The second-order valence-corrected chi connectivity index (χ2v) is 9.48. The van der Waals surface area contributed by atoms with Gasteiger partial charge in [0.05, 0.1) is 29.9 Å². The average molecular weight is 546 g/mol. The Morgan fingerprint density at radius 2 is 1.97 bits per heavy atom. The average Bonchev–Trinajstić information content (AvgIpc) is 3.34. The highest BCUT2D eigenvalue weighted by molar-refractivity contribution is 6.36. The first kappa shape index (κ1) is 25.5. The Balaban J connectivity index is 1.34. The van der Waals surface area contributed by atoms with Gasteiger partial charge in [0.1, 0.15) is 17.7 Å². The molecule has 0 spiro atoms. The zero-order valence-electron chi connectivity index (χ0n) is 20.1. The number of hydrogen-bond donors (Lipinski definition) is 2. The van der Waals surface area contributed by atoms with E-state index in [0.717, 1.165) is 56.3 Å². The van der Waals surface area contributed by atoms with E-state index in [9.17, 15) is 4.39 Å². The monoisotopic (exact) mass is 545 g/mol. The summed E-state index contributed by atoms with van der Waals surface area (Å²) in [6.45, 7) is 6.89. The molecular weight excluding hydrogens is 520 g/mol. The number of nitrogens with two attached hydrogens (primary N) is 1. The van der Waals surface area contributed by atoms with Gasteiger partial charge in [0.15, 0.2) is 11.4 Å². The third-order valence-electron chi connectivity index (χ3n) is 6.29. The first-order valence-corrected chi connectivity index (χ1v) is 12.6. The van der Waals surface area contributed by atoms with Crippen molar-refractivity contribution in [2.24, 2.45) is 0 Å². The summed E-state index contributed by atoms with van der Waals surface area (Å²) in [5.74, 6) is 0.547. The number of morpholine rings is 1. The van der Waals surface area contributed by atoms with Crippen LogP contribution in [0.3, 0.4) is 0 Å². The van der Waals surface area contributed by atoms with E-state index in [1.807, 2.05) is 12.1 Å². The Kier molecular flexibility index (Phi) is 7.66. The van der Waals surface area contributed by atoms with E-state index >= 15 is 0 Å². The van der Waals surface area contributed by atoms with Crippen molar-refractivity contribution in [3.8, 4) is 16.9 Å². The molecule has 194 valence electrons. The SMILES string of the molecule is CC(Oc1c(N)ncc2c(-c3ccc(NCCN4CCOCC4)nc3)coc12)c1c(Cl)ccc(F)c1Cl. The van der Waals surface area contributed by atoms with Crippen molar-refractivity contribution < 1.29 is 18.3 Å². The molecule has 0 aliphatic carbocycles. The molecule has 11 heteroatoms. The molecule has 1 unspecified atom stereocenters. The van der Waals surface area contributed by atoms with E-state index in [0.29, 0.717) is 16.5 Å². The highest BCUT2D eigenvalue weighted by Crippen LogP contribution is 2.41. The number of ether oxygens (including phenoxy) is 2. The summed E-state index contributed by atoms with van der Waals surface area (Å²) >= 11 is 12.4. The van der Waals surface area contributed by atoms with Gasteiger partial charge < -0.3 is 24.9 Å². The number of halogens is 3. The fourth-order valence-electron chi connectivity index (χ4n) is 4.29. The van der Waals surface area contributed by atoms with Crippen LogP contribution in [-0.4, -0.2) is 54.3 Å². The fourth-order valence-corrected chi connectivity index (χ4v) is 4.97. The molecule has 8 nitrogen and oxygen atoms in total. The molecule has 3 N–H and O–H groups in total. The smallest absolute Gasteiger partial charge is 0.205 e. The molecule has 0 radical (unpaired) electrons. The maximum Gasteiger partial charge on any atom is 0.205 e. The molecule has 3 aromatic heterocycles. The van der Waals surface area contributed by atoms with Gasteiger partial charge in [-0.15, -0.1) is 0 Å². The summed E-state index contributed by atoms with van der Waals surface area (Å²) in [6, 6.07) is 6.51. The number of aromatic nitrogens is 2. The summed E-state index contributed by atoms with van der Waals surface area (Å²) in [5, 5.41) is 4.22. The summed E-state index contributed by atoms with van der Waals surface area (Å²) in [6.07, 6.45) is 4.28. The van der Waals surface area contributed by atoms with Gasteiger partial charge in [-0.2, -0.15) is 0 Å². The minimum absolute atomic E-state index is 0.108. The van der Waals surface area contributed by atoms with Gasteiger partial charge in [-0.25, -0.2) is 14.4 Å². The second kappa shape index (κ2) is 11.1. The zero-order valence-corrected chi connectivity index (χ0v) is 21.7. The number of hydrogen-bond acceptors (Lipinski definition) is 8. The van der Waals surface area contributed by atoms with Crippen molar-refractivity contribution in [1.29, 1.82) is 0 Å². The van der Waals surface area contributed by atoms with Crippen LogP contribution in [0.4, 0.5) is 16.0 Å². The zero-order chi connectivity index (χ0) is 25.9. The molecule has 0 saturated carbocycles. The quantitative estimate of drug-likeness (QED) is 0.268. The van der Waals surface area contributed by atoms with Crippen molar-refractivity contribution in [2.75, 3.05) is 50.4 Å². The van der Waals surface area contributed by atoms with Crippen molar-refractivity contribution >= 4 is 45.8 Å². The lowest BCUT2D eigenvalue weighted by atomic mass is 10.1. The number of nitrogens with one attached hydrogen (secondary N) is 1. The Hall–Kier alpha value is -3.11. The summed E-state index contributed by atoms with van der Waals surface area (Å²) in [5.41, 5.74) is 8.47. The van der Waals surface area contributed by atoms with Gasteiger partial charge in [0.2, 0.25) is 5.75 Å². The molecule has 1 atom stereocenters. The van der Waals surface area contributed by atoms with Crippen molar-refractivity contribution in [3.05, 3.63) is 64.3 Å². The van der Waals surface area contributed by atoms with Crippen molar-refractivity contribution in [2.45, 2.75) is 13.0 Å². The highest BCUT2D eigenvalue weighted by Gasteiger charge is 2.23. The normalized spacial score (nSPS) is 15.1. The van der Waals surface area contributed by atoms with Gasteiger partial charge in [-0.3, -0.25) is 4.90 Å². The standard InChI is InChI=1S/C26H26Cl2FN5O3/c1-15(22-19(27)3-4-20(29)23(22)28)37-25-24-17(13-33-26(25)30)18(14-36-24)16-2-5-21(32-12-16)31-6-7-34-8-10-35-11-9-34/h2-5,12-15H,6-11H2,1H3,(H2,30,33)(H,31,32). The van der Waals surface area contributed by atoms with Crippen LogP contribution < -0.4 is 15.8 Å². The van der Waals surface area contributed by atoms with Crippen LogP contribution in [0.5, 0.6) is 5.75 Å². The topological polar surface area (TPSA) is 98.7 Å². The lowest BCUT2D eigenvalue weighted by molar-refractivity contribution is 0.0398. The molecule has 1 aliphatic heterocycles. The lowest BCUT2D eigenvalue weighted by Gasteiger charge is -2.26. The maximum atomic E-state index is 14.0. The lowest BCUT2D eigenvalue weighted by Crippen LogP contribution is -2.39. The van der Waals surface area contributed by atoms with E-state index < -0.39 is 11.9 Å². The van der Waals surface area contributed by atoms with Crippen LogP contribution in [0.1, 0.15) is 18.6 Å². The number of nitrogen functional groups attached to an aromatic ring is 1. The number of nitrogens with zero attached hydrogens (tertiary/aromatic N) is 3. The fraction of sp³-hybridized carbons (Fsp3) is 0.308. The minimum Gasteiger partial charge on any atom is -0.478 e. The van der Waals surface area contributed by atoms with Crippen LogP contribution >= 0.6 is 23.2 Å². The van der Waals surface area contributed by atoms with E-state index in [1.165, 1.54) is 12.1 Å². The van der Waals surface area contributed by atoms with Gasteiger partial charge in [0, 0.05) is 60.3 Å². The molecule has 1 fully saturated rings. The van der Waals surface area contributed by atoms with Crippen LogP contribution in [0.15, 0.2) is 47.3 Å². The van der Waals surface area contributed by atoms with Crippen LogP contribution in [-0.2, 0) is 4.74 Å². The third-order valence-corrected chi connectivity index (χ3v) is 7.01. The van der Waals surface area contributed by atoms with Gasteiger partial charge in [0.25, 0.3) is 0 Å². The predicted octanol–water partition coefficient (Wildman–Crippen LogP) is 5.80. The van der Waals surface area contributed by atoms with E-state index in [2.05, 4.69) is 20.2 Å². The molecule has 4 aromatic rings. The van der Waals surface area contributed by atoms with Crippen molar-refractivity contribution in [1.82, 2.24) is 14.9 Å². The largest absolute Gasteiger partial charge is 0.478 e. The molecular formula is C26H26Cl2FN5O3. The van der Waals surface area contributed by atoms with Gasteiger partial charge in [-0.1, -0.05) is 23.2 Å². The Labute approximate surface area is 223 Å². The summed E-state index contributed by atoms with van der Waals surface area (Å²) in [7, 11) is 0. The van der Waals surface area contributed by atoms with Gasteiger partial charge >= 0.3 is 0 Å². The number of pyridine rings is 2. The molecule has 0 bridgehead atoms. The van der Waals surface area contributed by atoms with Crippen molar-refractivity contribution in [3.63, 3.8) is 0 Å².